The summed E-state index contributed by atoms with van der Waals surface area (Å²) < 4.78 is 7.03. The number of hydrogen-bond donors (Lipinski definition) is 2. The van der Waals surface area contributed by atoms with Crippen LogP contribution in [0.25, 0.3) is 0 Å². The van der Waals surface area contributed by atoms with Crippen molar-refractivity contribution in [3.63, 3.8) is 0 Å². The largest absolute Gasteiger partial charge is 0.412 e. The van der Waals surface area contributed by atoms with Gasteiger partial charge in [-0.3, -0.25) is 0 Å². The molecule has 0 radical (unpaired) electrons. The predicted octanol–water partition coefficient (Wildman–Crippen LogP) is 4.18. The van der Waals surface area contributed by atoms with Gasteiger partial charge in [0.2, 0.25) is 0 Å². The van der Waals surface area contributed by atoms with Gasteiger partial charge >= 0.3 is 0 Å². The van der Waals surface area contributed by atoms with Gasteiger partial charge in [-0.1, -0.05) is 38.0 Å². The molecule has 0 aromatic rings. The van der Waals surface area contributed by atoms with Crippen LogP contribution in [0.3, 0.4) is 0 Å². The molecule has 31 heavy (non-hydrogen) atoms. The minimum Gasteiger partial charge on any atom is -0.412 e. The highest BCUT2D eigenvalue weighted by molar-refractivity contribution is 5.38. The Hall–Kier alpha value is -0.680. The second-order valence-corrected chi connectivity index (χ2v) is 12.2. The average molecular weight is 430 g/mol. The van der Waals surface area contributed by atoms with Gasteiger partial charge < -0.3 is 20.6 Å². The lowest BCUT2D eigenvalue weighted by Crippen LogP contribution is -2.49. The van der Waals surface area contributed by atoms with Gasteiger partial charge in [-0.05, 0) is 99.5 Å². The van der Waals surface area contributed by atoms with E-state index in [1.54, 1.807) is 16.7 Å². The third-order valence-corrected chi connectivity index (χ3v) is 10.9. The molecule has 0 aromatic carbocycles. The zero-order valence-corrected chi connectivity index (χ0v) is 19.9. The lowest BCUT2D eigenvalue weighted by molar-refractivity contribution is -0.0549. The molecule has 4 nitrogen and oxygen atoms in total. The molecule has 4 aliphatic carbocycles. The molecule has 174 valence electrons. The number of aliphatic hydroxyl groups excluding tert-OH is 1. The van der Waals surface area contributed by atoms with Crippen molar-refractivity contribution in [2.75, 3.05) is 6.54 Å². The van der Waals surface area contributed by atoms with Crippen LogP contribution in [0.15, 0.2) is 22.8 Å². The second kappa shape index (κ2) is 7.41. The first-order valence-corrected chi connectivity index (χ1v) is 12.8. The Bertz CT molecular complexity index is 804. The SMILES string of the molecule is CC1=C2C[C@H]3[C@@H](CC=C4C[C@@H](O)CC[C@@]43C)[C@@H]2CC[C@]12O[C@@H]1C[C@H](C)CN[C@H]1[C@H]2C.O. The van der Waals surface area contributed by atoms with Gasteiger partial charge in [-0.15, -0.1) is 0 Å². The van der Waals surface area contributed by atoms with E-state index in [-0.39, 0.29) is 17.2 Å². The third-order valence-electron chi connectivity index (χ3n) is 10.9. The normalized spacial score (nSPS) is 53.3. The maximum absolute atomic E-state index is 10.3. The summed E-state index contributed by atoms with van der Waals surface area (Å²) in [5, 5.41) is 14.1. The fourth-order valence-corrected chi connectivity index (χ4v) is 9.09. The van der Waals surface area contributed by atoms with Gasteiger partial charge in [0.1, 0.15) is 0 Å². The van der Waals surface area contributed by atoms with Crippen molar-refractivity contribution >= 4 is 0 Å². The Balaban J connectivity index is 0.00000204. The molecule has 2 heterocycles. The van der Waals surface area contributed by atoms with Crippen LogP contribution < -0.4 is 5.32 Å². The Labute approximate surface area is 188 Å². The van der Waals surface area contributed by atoms with Crippen LogP contribution in [0.1, 0.15) is 79.1 Å². The van der Waals surface area contributed by atoms with E-state index in [1.807, 2.05) is 0 Å². The lowest BCUT2D eigenvalue weighted by atomic mass is 9.56. The Kier molecular flexibility index (Phi) is 5.29. The molecule has 4 N–H and O–H groups in total. The molecule has 1 spiro atoms. The molecule has 2 saturated carbocycles. The number of ether oxygens (including phenoxy) is 1. The number of rotatable bonds is 0. The first-order valence-electron chi connectivity index (χ1n) is 12.8. The average Bonchev–Trinajstić information content (AvgIpc) is 3.23. The molecule has 2 aliphatic heterocycles. The van der Waals surface area contributed by atoms with Crippen molar-refractivity contribution in [3.8, 4) is 0 Å². The minimum absolute atomic E-state index is 0. The van der Waals surface area contributed by atoms with Crippen molar-refractivity contribution in [2.45, 2.75) is 103 Å². The zero-order chi connectivity index (χ0) is 20.8. The van der Waals surface area contributed by atoms with Gasteiger partial charge in [0, 0.05) is 12.0 Å². The van der Waals surface area contributed by atoms with Crippen LogP contribution >= 0.6 is 0 Å². The lowest BCUT2D eigenvalue weighted by Gasteiger charge is -2.49. The summed E-state index contributed by atoms with van der Waals surface area (Å²) in [5.41, 5.74) is 5.25. The van der Waals surface area contributed by atoms with Crippen molar-refractivity contribution < 1.29 is 15.3 Å². The van der Waals surface area contributed by atoms with E-state index in [1.165, 1.54) is 38.5 Å². The van der Waals surface area contributed by atoms with E-state index in [9.17, 15) is 5.11 Å². The molecule has 0 amide bonds. The van der Waals surface area contributed by atoms with E-state index in [4.69, 9.17) is 4.74 Å². The Morgan fingerprint density at radius 2 is 1.97 bits per heavy atom. The summed E-state index contributed by atoms with van der Waals surface area (Å²) in [7, 11) is 0. The van der Waals surface area contributed by atoms with Crippen molar-refractivity contribution in [2.24, 2.45) is 35.0 Å². The molecule has 10 atom stereocenters. The fourth-order valence-electron chi connectivity index (χ4n) is 9.09. The van der Waals surface area contributed by atoms with Gasteiger partial charge in [-0.2, -0.15) is 0 Å². The quantitative estimate of drug-likeness (QED) is 0.568. The number of hydrogen-bond acceptors (Lipinski definition) is 3. The van der Waals surface area contributed by atoms with Crippen LogP contribution in [0.4, 0.5) is 0 Å². The van der Waals surface area contributed by atoms with E-state index < -0.39 is 0 Å². The van der Waals surface area contributed by atoms with Gasteiger partial charge in [0.05, 0.1) is 17.8 Å². The van der Waals surface area contributed by atoms with Crippen LogP contribution in [-0.4, -0.2) is 41.0 Å². The molecule has 2 saturated heterocycles. The topological polar surface area (TPSA) is 73.0 Å². The fraction of sp³-hybridized carbons (Fsp3) is 0.852. The van der Waals surface area contributed by atoms with E-state index in [2.05, 4.69) is 39.1 Å². The summed E-state index contributed by atoms with van der Waals surface area (Å²) in [6.45, 7) is 10.9. The van der Waals surface area contributed by atoms with Crippen molar-refractivity contribution in [3.05, 3.63) is 22.8 Å². The van der Waals surface area contributed by atoms with Crippen LogP contribution in [0, 0.1) is 35.0 Å². The summed E-state index contributed by atoms with van der Waals surface area (Å²) in [5.74, 6) is 3.64. The molecule has 4 fully saturated rings. The Morgan fingerprint density at radius 1 is 1.16 bits per heavy atom. The Morgan fingerprint density at radius 3 is 2.77 bits per heavy atom. The minimum atomic E-state index is -0.111. The molecular weight excluding hydrogens is 386 g/mol. The second-order valence-electron chi connectivity index (χ2n) is 12.2. The maximum Gasteiger partial charge on any atom is 0.0937 e. The summed E-state index contributed by atoms with van der Waals surface area (Å²) in [6.07, 6.45) is 12.2. The first-order chi connectivity index (χ1) is 14.3. The molecular formula is C27H43NO3. The monoisotopic (exact) mass is 429 g/mol. The number of piperidine rings is 1. The van der Waals surface area contributed by atoms with Crippen LogP contribution in [0.5, 0.6) is 0 Å². The maximum atomic E-state index is 10.3. The number of fused-ring (bicyclic) bond motifs is 6. The highest BCUT2D eigenvalue weighted by Crippen LogP contribution is 2.65. The van der Waals surface area contributed by atoms with E-state index >= 15 is 0 Å². The molecule has 0 bridgehead atoms. The van der Waals surface area contributed by atoms with Gasteiger partial charge in [0.15, 0.2) is 0 Å². The molecule has 6 aliphatic rings. The molecule has 6 rings (SSSR count). The number of allylic oxidation sites excluding steroid dienone is 2. The highest BCUT2D eigenvalue weighted by atomic mass is 16.5. The van der Waals surface area contributed by atoms with Crippen LogP contribution in [0.2, 0.25) is 0 Å². The third kappa shape index (κ3) is 2.94. The highest BCUT2D eigenvalue weighted by Gasteiger charge is 2.60. The molecule has 0 unspecified atom stereocenters. The predicted molar refractivity (Wildman–Crippen MR) is 124 cm³/mol. The van der Waals surface area contributed by atoms with Crippen LogP contribution in [-0.2, 0) is 4.74 Å². The molecule has 0 aromatic heterocycles. The summed E-state index contributed by atoms with van der Waals surface area (Å²) in [4.78, 5) is 0. The smallest absolute Gasteiger partial charge is 0.0937 e. The van der Waals surface area contributed by atoms with Gasteiger partial charge in [-0.25, -0.2) is 0 Å². The van der Waals surface area contributed by atoms with Gasteiger partial charge in [0.25, 0.3) is 0 Å². The first kappa shape index (κ1) is 22.1. The molecule has 4 heteroatoms. The number of aliphatic hydroxyl groups is 1. The number of nitrogens with one attached hydrogen (secondary N) is 1. The van der Waals surface area contributed by atoms with Crippen molar-refractivity contribution in [1.29, 1.82) is 0 Å². The standard InChI is InChI=1S/C27H41NO2.H2O/c1-15-11-24-25(28-14-15)17(3)27(30-24)10-8-20-21-6-5-18-12-19(29)7-9-26(18,4)23(21)13-22(20)16(27)2;/h5,15,17,19-21,23-25,28-29H,6-14H2,1-4H3;1H2/t15-,17+,19-,20-,21-,23-,24+,25-,26-,27-;/m0./s1. The van der Waals surface area contributed by atoms with E-state index in [0.717, 1.165) is 43.1 Å². The zero-order valence-electron chi connectivity index (χ0n) is 19.9. The van der Waals surface area contributed by atoms with Crippen molar-refractivity contribution in [1.82, 2.24) is 5.32 Å². The van der Waals surface area contributed by atoms with E-state index in [0.29, 0.717) is 23.5 Å². The summed E-state index contributed by atoms with van der Waals surface area (Å²) >= 11 is 0. The summed E-state index contributed by atoms with van der Waals surface area (Å²) in [6, 6.07) is 0.530.